The highest BCUT2D eigenvalue weighted by atomic mass is 32.1. The first-order valence-electron chi connectivity index (χ1n) is 9.77. The molecular formula is C22H26N4O2S. The maximum Gasteiger partial charge on any atom is 0.216 e. The number of nitrogens with one attached hydrogen (secondary N) is 1. The Balaban J connectivity index is 1.80. The Morgan fingerprint density at radius 3 is 2.72 bits per heavy atom. The summed E-state index contributed by atoms with van der Waals surface area (Å²) in [4.78, 5) is 0. The van der Waals surface area contributed by atoms with Gasteiger partial charge >= 0.3 is 0 Å². The molecule has 0 unspecified atom stereocenters. The van der Waals surface area contributed by atoms with Crippen LogP contribution in [-0.2, 0) is 13.0 Å². The number of ether oxygens (including phenoxy) is 2. The molecule has 6 nitrogen and oxygen atoms in total. The molecule has 0 spiro atoms. The second-order valence-corrected chi connectivity index (χ2v) is 6.99. The van der Waals surface area contributed by atoms with Crippen molar-refractivity contribution in [2.75, 3.05) is 6.61 Å². The Kier molecular flexibility index (Phi) is 7.19. The molecule has 1 N–H and O–H groups in total. The van der Waals surface area contributed by atoms with Crippen molar-refractivity contribution in [3.8, 4) is 11.5 Å². The first kappa shape index (κ1) is 20.8. The quantitative estimate of drug-likeness (QED) is 0.395. The summed E-state index contributed by atoms with van der Waals surface area (Å²) < 4.78 is 13.9. The largest absolute Gasteiger partial charge is 0.490 e. The zero-order valence-corrected chi connectivity index (χ0v) is 17.8. The summed E-state index contributed by atoms with van der Waals surface area (Å²) in [6.07, 6.45) is 3.52. The molecule has 0 saturated carbocycles. The molecule has 3 rings (SSSR count). The van der Waals surface area contributed by atoms with E-state index in [-0.39, 0.29) is 0 Å². The van der Waals surface area contributed by atoms with Gasteiger partial charge in [0, 0.05) is 6.42 Å². The van der Waals surface area contributed by atoms with Crippen molar-refractivity contribution in [1.82, 2.24) is 14.9 Å². The molecular weight excluding hydrogens is 384 g/mol. The van der Waals surface area contributed by atoms with E-state index >= 15 is 0 Å². The van der Waals surface area contributed by atoms with Gasteiger partial charge in [-0.05, 0) is 67.4 Å². The maximum atomic E-state index is 6.03. The van der Waals surface area contributed by atoms with E-state index in [1.54, 1.807) is 10.9 Å². The normalized spacial score (nSPS) is 11.1. The van der Waals surface area contributed by atoms with Crippen molar-refractivity contribution >= 4 is 18.4 Å². The van der Waals surface area contributed by atoms with Gasteiger partial charge in [-0.3, -0.25) is 5.10 Å². The Hall–Kier alpha value is -2.93. The molecule has 0 fully saturated rings. The molecule has 0 atom stereocenters. The van der Waals surface area contributed by atoms with Crippen LogP contribution >= 0.6 is 12.2 Å². The monoisotopic (exact) mass is 410 g/mol. The molecule has 0 saturated heterocycles. The molecule has 3 aromatic rings. The lowest BCUT2D eigenvalue weighted by Gasteiger charge is -2.13. The van der Waals surface area contributed by atoms with Crippen molar-refractivity contribution in [2.45, 2.75) is 40.2 Å². The average Bonchev–Trinajstić information content (AvgIpc) is 3.07. The van der Waals surface area contributed by atoms with E-state index in [4.69, 9.17) is 21.7 Å². The summed E-state index contributed by atoms with van der Waals surface area (Å²) in [5.74, 6) is 2.21. The third kappa shape index (κ3) is 5.32. The molecule has 152 valence electrons. The third-order valence-electron chi connectivity index (χ3n) is 4.43. The molecule has 1 aromatic heterocycles. The van der Waals surface area contributed by atoms with Crippen molar-refractivity contribution < 1.29 is 9.47 Å². The van der Waals surface area contributed by atoms with Crippen LogP contribution in [0.25, 0.3) is 0 Å². The number of rotatable bonds is 9. The van der Waals surface area contributed by atoms with E-state index < -0.39 is 0 Å². The van der Waals surface area contributed by atoms with Gasteiger partial charge in [0.1, 0.15) is 6.61 Å². The number of hydrogen-bond acceptors (Lipinski definition) is 5. The third-order valence-corrected chi connectivity index (χ3v) is 4.69. The van der Waals surface area contributed by atoms with Gasteiger partial charge in [-0.2, -0.15) is 14.9 Å². The summed E-state index contributed by atoms with van der Waals surface area (Å²) in [6, 6.07) is 14.0. The van der Waals surface area contributed by atoms with Crippen LogP contribution in [0.4, 0.5) is 0 Å². The van der Waals surface area contributed by atoms with Gasteiger partial charge in [0.2, 0.25) is 4.77 Å². The Labute approximate surface area is 176 Å². The van der Waals surface area contributed by atoms with Crippen LogP contribution in [0.3, 0.4) is 0 Å². The van der Waals surface area contributed by atoms with E-state index in [0.29, 0.717) is 29.5 Å². The van der Waals surface area contributed by atoms with Gasteiger partial charge in [-0.1, -0.05) is 31.2 Å². The molecule has 7 heteroatoms. The lowest BCUT2D eigenvalue weighted by Crippen LogP contribution is -2.02. The average molecular weight is 411 g/mol. The zero-order chi connectivity index (χ0) is 20.6. The summed E-state index contributed by atoms with van der Waals surface area (Å²) in [5, 5.41) is 11.5. The fourth-order valence-electron chi connectivity index (χ4n) is 2.87. The lowest BCUT2D eigenvalue weighted by atomic mass is 10.1. The molecule has 0 radical (unpaired) electrons. The molecule has 0 aliphatic rings. The molecule has 0 aliphatic heterocycles. The molecule has 29 heavy (non-hydrogen) atoms. The standard InChI is InChI=1S/C22H26N4O2S/c1-4-8-21-24-25-22(29)26(21)23-14-17-11-12-19(20(13-17)27-5-2)28-15-18-10-7-6-9-16(18)3/h6-7,9-14H,4-5,8,15H2,1-3H3,(H,25,29)/b23-14-. The minimum Gasteiger partial charge on any atom is -0.490 e. The van der Waals surface area contributed by atoms with Crippen LogP contribution in [0.1, 0.15) is 42.8 Å². The van der Waals surface area contributed by atoms with Crippen molar-refractivity contribution in [2.24, 2.45) is 5.10 Å². The van der Waals surface area contributed by atoms with Gasteiger partial charge in [-0.25, -0.2) is 0 Å². The van der Waals surface area contributed by atoms with Gasteiger partial charge in [0.25, 0.3) is 0 Å². The number of aryl methyl sites for hydroxylation is 2. The van der Waals surface area contributed by atoms with E-state index in [2.05, 4.69) is 41.3 Å². The SMILES string of the molecule is CCCc1n[nH]c(=S)n1/N=C\c1ccc(OCc2ccccc2C)c(OCC)c1. The lowest BCUT2D eigenvalue weighted by molar-refractivity contribution is 0.269. The number of benzene rings is 2. The second kappa shape index (κ2) is 10.0. The van der Waals surface area contributed by atoms with Gasteiger partial charge < -0.3 is 9.47 Å². The number of aromatic amines is 1. The molecule has 1 heterocycles. The molecule has 0 aliphatic carbocycles. The highest BCUT2D eigenvalue weighted by Gasteiger charge is 2.08. The van der Waals surface area contributed by atoms with E-state index in [9.17, 15) is 0 Å². The first-order chi connectivity index (χ1) is 14.1. The number of nitrogens with zero attached hydrogens (tertiary/aromatic N) is 3. The number of H-pyrrole nitrogens is 1. The van der Waals surface area contributed by atoms with Crippen LogP contribution in [0, 0.1) is 11.7 Å². The summed E-state index contributed by atoms with van der Waals surface area (Å²) in [7, 11) is 0. The van der Waals surface area contributed by atoms with E-state index in [0.717, 1.165) is 29.8 Å². The minimum atomic E-state index is 0.480. The van der Waals surface area contributed by atoms with Crippen LogP contribution < -0.4 is 9.47 Å². The predicted molar refractivity (Wildman–Crippen MR) is 118 cm³/mol. The van der Waals surface area contributed by atoms with Crippen LogP contribution in [0.5, 0.6) is 11.5 Å². The molecule has 2 aromatic carbocycles. The minimum absolute atomic E-state index is 0.480. The molecule has 0 amide bonds. The fourth-order valence-corrected chi connectivity index (χ4v) is 3.07. The fraction of sp³-hybridized carbons (Fsp3) is 0.318. The Bertz CT molecular complexity index is 1040. The van der Waals surface area contributed by atoms with Gasteiger partial charge in [0.15, 0.2) is 17.3 Å². The van der Waals surface area contributed by atoms with Crippen LogP contribution in [0.15, 0.2) is 47.6 Å². The van der Waals surface area contributed by atoms with E-state index in [1.165, 1.54) is 5.56 Å². The summed E-state index contributed by atoms with van der Waals surface area (Å²) in [5.41, 5.74) is 3.24. The highest BCUT2D eigenvalue weighted by Crippen LogP contribution is 2.29. The van der Waals surface area contributed by atoms with Crippen molar-refractivity contribution in [3.05, 3.63) is 69.8 Å². The smallest absolute Gasteiger partial charge is 0.216 e. The maximum absolute atomic E-state index is 6.03. The second-order valence-electron chi connectivity index (χ2n) is 6.61. The van der Waals surface area contributed by atoms with Crippen molar-refractivity contribution in [1.29, 1.82) is 0 Å². The molecule has 0 bridgehead atoms. The Morgan fingerprint density at radius 2 is 1.97 bits per heavy atom. The summed E-state index contributed by atoms with van der Waals surface area (Å²) in [6.45, 7) is 7.17. The van der Waals surface area contributed by atoms with E-state index in [1.807, 2.05) is 37.3 Å². The van der Waals surface area contributed by atoms with Crippen molar-refractivity contribution in [3.63, 3.8) is 0 Å². The van der Waals surface area contributed by atoms with Gasteiger partial charge in [-0.15, -0.1) is 0 Å². The predicted octanol–water partition coefficient (Wildman–Crippen LogP) is 5.06. The first-order valence-corrected chi connectivity index (χ1v) is 10.2. The summed E-state index contributed by atoms with van der Waals surface area (Å²) >= 11 is 5.27. The zero-order valence-electron chi connectivity index (χ0n) is 17.0. The Morgan fingerprint density at radius 1 is 1.14 bits per heavy atom. The topological polar surface area (TPSA) is 64.4 Å². The van der Waals surface area contributed by atoms with Crippen LogP contribution in [0.2, 0.25) is 0 Å². The van der Waals surface area contributed by atoms with Crippen LogP contribution in [-0.4, -0.2) is 27.7 Å². The number of hydrogen-bond donors (Lipinski definition) is 1. The van der Waals surface area contributed by atoms with Gasteiger partial charge in [0.05, 0.1) is 12.8 Å². The highest BCUT2D eigenvalue weighted by molar-refractivity contribution is 7.71. The number of aromatic nitrogens is 3.